The summed E-state index contributed by atoms with van der Waals surface area (Å²) >= 11 is 0. The number of hydrogen-bond donors (Lipinski definition) is 2. The zero-order chi connectivity index (χ0) is 18.4. The summed E-state index contributed by atoms with van der Waals surface area (Å²) < 4.78 is 14.4. The molecule has 1 aromatic heterocycles. The van der Waals surface area contributed by atoms with Crippen LogP contribution in [0.15, 0.2) is 73.1 Å². The predicted octanol–water partition coefficient (Wildman–Crippen LogP) is 3.22. The van der Waals surface area contributed by atoms with Crippen LogP contribution in [0.2, 0.25) is 0 Å². The molecular weight excluding hydrogens is 331 g/mol. The van der Waals surface area contributed by atoms with Crippen LogP contribution in [0.4, 0.5) is 4.39 Å². The quantitative estimate of drug-likeness (QED) is 0.717. The summed E-state index contributed by atoms with van der Waals surface area (Å²) in [5.41, 5.74) is 2.43. The average Bonchev–Trinajstić information content (AvgIpc) is 2.68. The van der Waals surface area contributed by atoms with Crippen LogP contribution in [0, 0.1) is 5.82 Å². The first-order valence-corrected chi connectivity index (χ1v) is 8.33. The number of aliphatic hydroxyl groups excluding tert-OH is 1. The second-order valence-electron chi connectivity index (χ2n) is 5.97. The summed E-state index contributed by atoms with van der Waals surface area (Å²) in [6.07, 6.45) is 3.73. The average molecular weight is 350 g/mol. The van der Waals surface area contributed by atoms with Crippen LogP contribution in [-0.2, 0) is 6.42 Å². The Morgan fingerprint density at radius 3 is 2.42 bits per heavy atom. The Balaban J connectivity index is 1.72. The van der Waals surface area contributed by atoms with E-state index in [1.165, 1.54) is 12.1 Å². The van der Waals surface area contributed by atoms with Gasteiger partial charge >= 0.3 is 0 Å². The van der Waals surface area contributed by atoms with Gasteiger partial charge in [-0.2, -0.15) is 0 Å². The lowest BCUT2D eigenvalue weighted by Crippen LogP contribution is -2.39. The van der Waals surface area contributed by atoms with Crippen LogP contribution in [0.1, 0.15) is 15.9 Å². The third-order valence-electron chi connectivity index (χ3n) is 4.11. The van der Waals surface area contributed by atoms with E-state index in [2.05, 4.69) is 10.3 Å². The Labute approximate surface area is 151 Å². The Bertz CT molecular complexity index is 870. The van der Waals surface area contributed by atoms with Crippen LogP contribution >= 0.6 is 0 Å². The van der Waals surface area contributed by atoms with Crippen molar-refractivity contribution in [3.63, 3.8) is 0 Å². The normalized spacial score (nSPS) is 11.8. The van der Waals surface area contributed by atoms with Crippen LogP contribution in [0.3, 0.4) is 0 Å². The summed E-state index contributed by atoms with van der Waals surface area (Å²) in [7, 11) is 0. The Morgan fingerprint density at radius 2 is 1.77 bits per heavy atom. The number of halogens is 1. The van der Waals surface area contributed by atoms with Gasteiger partial charge in [0, 0.05) is 12.4 Å². The van der Waals surface area contributed by atoms with Crippen molar-refractivity contribution in [1.82, 2.24) is 10.3 Å². The number of rotatable bonds is 6. The largest absolute Gasteiger partial charge is 0.394 e. The molecule has 1 atom stereocenters. The minimum atomic E-state index is -0.604. The van der Waals surface area contributed by atoms with Gasteiger partial charge in [-0.3, -0.25) is 9.78 Å². The highest BCUT2D eigenvalue weighted by Crippen LogP contribution is 2.21. The molecule has 3 rings (SSSR count). The van der Waals surface area contributed by atoms with E-state index in [1.54, 1.807) is 30.6 Å². The summed E-state index contributed by atoms with van der Waals surface area (Å²) in [6, 6.07) is 17.1. The second kappa shape index (κ2) is 8.36. The lowest BCUT2D eigenvalue weighted by molar-refractivity contribution is 0.0912. The Kier molecular flexibility index (Phi) is 5.71. The van der Waals surface area contributed by atoms with Gasteiger partial charge in [-0.15, -0.1) is 0 Å². The van der Waals surface area contributed by atoms with E-state index >= 15 is 0 Å². The lowest BCUT2D eigenvalue weighted by Gasteiger charge is -2.17. The van der Waals surface area contributed by atoms with Crippen LogP contribution in [0.5, 0.6) is 0 Å². The first kappa shape index (κ1) is 17.8. The summed E-state index contributed by atoms with van der Waals surface area (Å²) in [4.78, 5) is 16.3. The molecule has 0 radical (unpaired) electrons. The zero-order valence-electron chi connectivity index (χ0n) is 14.1. The number of hydrogen-bond acceptors (Lipinski definition) is 3. The van der Waals surface area contributed by atoms with Crippen molar-refractivity contribution in [3.05, 3.63) is 90.0 Å². The molecule has 3 aromatic rings. The number of amides is 1. The molecule has 2 aromatic carbocycles. The van der Waals surface area contributed by atoms with Gasteiger partial charge in [-0.1, -0.05) is 36.4 Å². The molecule has 1 heterocycles. The SMILES string of the molecule is O=C(N[C@H](CO)Cc1ccccc1)c1ccc(-c2ccncc2)cc1F. The molecule has 0 unspecified atom stereocenters. The van der Waals surface area contributed by atoms with Gasteiger partial charge in [0.15, 0.2) is 0 Å². The molecule has 1 amide bonds. The summed E-state index contributed by atoms with van der Waals surface area (Å²) in [6.45, 7) is -0.225. The van der Waals surface area contributed by atoms with Gasteiger partial charge in [0.25, 0.3) is 5.91 Å². The third kappa shape index (κ3) is 4.32. The van der Waals surface area contributed by atoms with Crippen molar-refractivity contribution in [2.75, 3.05) is 6.61 Å². The number of aromatic nitrogens is 1. The standard InChI is InChI=1S/C21H19FN2O2/c22-20-13-17(16-8-10-23-11-9-16)6-7-19(20)21(26)24-18(14-25)12-15-4-2-1-3-5-15/h1-11,13,18,25H,12,14H2,(H,24,26)/t18-/m0/s1. The number of nitrogens with zero attached hydrogens (tertiary/aromatic N) is 1. The molecule has 0 aliphatic rings. The fourth-order valence-electron chi connectivity index (χ4n) is 2.75. The van der Waals surface area contributed by atoms with Crippen LogP contribution in [0.25, 0.3) is 11.1 Å². The minimum absolute atomic E-state index is 0.0469. The smallest absolute Gasteiger partial charge is 0.254 e. The number of benzene rings is 2. The molecule has 0 spiro atoms. The maximum Gasteiger partial charge on any atom is 0.254 e. The molecule has 0 fully saturated rings. The molecule has 5 heteroatoms. The second-order valence-corrected chi connectivity index (χ2v) is 5.97. The van der Waals surface area contributed by atoms with E-state index in [0.717, 1.165) is 11.1 Å². The Hall–Kier alpha value is -3.05. The topological polar surface area (TPSA) is 62.2 Å². The molecular formula is C21H19FN2O2. The monoisotopic (exact) mass is 350 g/mol. The lowest BCUT2D eigenvalue weighted by atomic mass is 10.0. The molecule has 0 saturated carbocycles. The highest BCUT2D eigenvalue weighted by atomic mass is 19.1. The number of pyridine rings is 1. The number of carbonyl (C=O) groups excluding carboxylic acids is 1. The number of aliphatic hydroxyl groups is 1. The molecule has 0 aliphatic heterocycles. The predicted molar refractivity (Wildman–Crippen MR) is 98.1 cm³/mol. The Morgan fingerprint density at radius 1 is 1.04 bits per heavy atom. The number of carbonyl (C=O) groups is 1. The maximum absolute atomic E-state index is 14.4. The molecule has 0 bridgehead atoms. The van der Waals surface area contributed by atoms with Crippen molar-refractivity contribution in [2.24, 2.45) is 0 Å². The van der Waals surface area contributed by atoms with E-state index in [4.69, 9.17) is 0 Å². The maximum atomic E-state index is 14.4. The fraction of sp³-hybridized carbons (Fsp3) is 0.143. The van der Waals surface area contributed by atoms with Crippen LogP contribution in [-0.4, -0.2) is 28.6 Å². The van der Waals surface area contributed by atoms with Gasteiger partial charge in [0.05, 0.1) is 18.2 Å². The van der Waals surface area contributed by atoms with Gasteiger partial charge in [0.2, 0.25) is 0 Å². The first-order chi connectivity index (χ1) is 12.7. The van der Waals surface area contributed by atoms with Gasteiger partial charge in [-0.05, 0) is 47.4 Å². The van der Waals surface area contributed by atoms with E-state index in [-0.39, 0.29) is 12.2 Å². The van der Waals surface area contributed by atoms with Crippen molar-refractivity contribution in [2.45, 2.75) is 12.5 Å². The fourth-order valence-corrected chi connectivity index (χ4v) is 2.75. The van der Waals surface area contributed by atoms with Crippen molar-refractivity contribution in [1.29, 1.82) is 0 Å². The molecule has 4 nitrogen and oxygen atoms in total. The number of nitrogens with one attached hydrogen (secondary N) is 1. The molecule has 0 aliphatic carbocycles. The highest BCUT2D eigenvalue weighted by molar-refractivity contribution is 5.95. The molecule has 2 N–H and O–H groups in total. The van der Waals surface area contributed by atoms with Crippen molar-refractivity contribution >= 4 is 5.91 Å². The van der Waals surface area contributed by atoms with E-state index in [9.17, 15) is 14.3 Å². The van der Waals surface area contributed by atoms with Gasteiger partial charge in [-0.25, -0.2) is 4.39 Å². The van der Waals surface area contributed by atoms with Gasteiger partial charge < -0.3 is 10.4 Å². The molecule has 26 heavy (non-hydrogen) atoms. The van der Waals surface area contributed by atoms with Crippen LogP contribution < -0.4 is 5.32 Å². The highest BCUT2D eigenvalue weighted by Gasteiger charge is 2.17. The summed E-state index contributed by atoms with van der Waals surface area (Å²) in [5, 5.41) is 12.2. The van der Waals surface area contributed by atoms with Crippen molar-refractivity contribution in [3.8, 4) is 11.1 Å². The van der Waals surface area contributed by atoms with E-state index in [0.29, 0.717) is 12.0 Å². The molecule has 132 valence electrons. The first-order valence-electron chi connectivity index (χ1n) is 8.33. The van der Waals surface area contributed by atoms with Gasteiger partial charge in [0.1, 0.15) is 5.82 Å². The molecule has 0 saturated heterocycles. The third-order valence-corrected chi connectivity index (χ3v) is 4.11. The minimum Gasteiger partial charge on any atom is -0.394 e. The summed E-state index contributed by atoms with van der Waals surface area (Å²) in [5.74, 6) is -1.15. The van der Waals surface area contributed by atoms with Crippen molar-refractivity contribution < 1.29 is 14.3 Å². The van der Waals surface area contributed by atoms with E-state index in [1.807, 2.05) is 30.3 Å². The van der Waals surface area contributed by atoms with E-state index < -0.39 is 17.8 Å². The zero-order valence-corrected chi connectivity index (χ0v) is 14.1.